The Kier molecular flexibility index (Phi) is 4.55. The summed E-state index contributed by atoms with van der Waals surface area (Å²) in [7, 11) is -3.03. The molecule has 0 saturated heterocycles. The molecule has 18 heavy (non-hydrogen) atoms. The van der Waals surface area contributed by atoms with Crippen molar-refractivity contribution in [2.45, 2.75) is 6.92 Å². The van der Waals surface area contributed by atoms with Gasteiger partial charge in [0, 0.05) is 23.7 Å². The smallest absolute Gasteiger partial charge is 0.337 e. The van der Waals surface area contributed by atoms with Gasteiger partial charge in [-0.2, -0.15) is 0 Å². The number of nitrogens with one attached hydrogen (secondary N) is 1. The molecule has 0 atom stereocenters. The highest BCUT2D eigenvalue weighted by Crippen LogP contribution is 2.17. The first-order chi connectivity index (χ1) is 8.35. The molecule has 1 aromatic carbocycles. The van der Waals surface area contributed by atoms with E-state index >= 15 is 0 Å². The Morgan fingerprint density at radius 3 is 2.67 bits per heavy atom. The molecule has 0 aliphatic heterocycles. The van der Waals surface area contributed by atoms with Gasteiger partial charge in [-0.3, -0.25) is 0 Å². The number of benzene rings is 1. The Hall–Kier alpha value is -1.76. The number of carboxylic acids is 1. The molecule has 0 spiro atoms. The van der Waals surface area contributed by atoms with Crippen LogP contribution in [0.5, 0.6) is 0 Å². The van der Waals surface area contributed by atoms with E-state index in [-0.39, 0.29) is 29.3 Å². The molecular weight excluding hydrogens is 256 g/mol. The van der Waals surface area contributed by atoms with Crippen LogP contribution in [0.4, 0.5) is 11.4 Å². The largest absolute Gasteiger partial charge is 0.478 e. The maximum Gasteiger partial charge on any atom is 0.337 e. The van der Waals surface area contributed by atoms with Gasteiger partial charge in [-0.1, -0.05) is 6.92 Å². The van der Waals surface area contributed by atoms with Crippen LogP contribution in [0.1, 0.15) is 17.3 Å². The summed E-state index contributed by atoms with van der Waals surface area (Å²) in [4.78, 5) is 10.8. The van der Waals surface area contributed by atoms with Crippen LogP contribution in [-0.2, 0) is 9.84 Å². The summed E-state index contributed by atoms with van der Waals surface area (Å²) in [6.07, 6.45) is 0. The Labute approximate surface area is 106 Å². The van der Waals surface area contributed by atoms with Crippen molar-refractivity contribution in [2.75, 3.05) is 29.1 Å². The Morgan fingerprint density at radius 1 is 1.44 bits per heavy atom. The van der Waals surface area contributed by atoms with E-state index in [9.17, 15) is 13.2 Å². The second-order valence-electron chi connectivity index (χ2n) is 3.77. The molecule has 0 unspecified atom stereocenters. The Balaban J connectivity index is 2.69. The van der Waals surface area contributed by atoms with Gasteiger partial charge in [-0.25, -0.2) is 13.2 Å². The number of rotatable bonds is 6. The highest BCUT2D eigenvalue weighted by atomic mass is 32.2. The summed E-state index contributed by atoms with van der Waals surface area (Å²) in [5.41, 5.74) is 6.21. The quantitative estimate of drug-likeness (QED) is 0.661. The highest BCUT2D eigenvalue weighted by molar-refractivity contribution is 7.91. The lowest BCUT2D eigenvalue weighted by Gasteiger charge is -2.08. The molecule has 0 amide bonds. The van der Waals surface area contributed by atoms with Crippen molar-refractivity contribution in [3.8, 4) is 0 Å². The number of aromatic carboxylic acids is 1. The molecule has 6 nitrogen and oxygen atoms in total. The maximum atomic E-state index is 11.3. The number of anilines is 2. The van der Waals surface area contributed by atoms with Crippen molar-refractivity contribution in [1.29, 1.82) is 0 Å². The van der Waals surface area contributed by atoms with Crippen LogP contribution in [0.25, 0.3) is 0 Å². The first kappa shape index (κ1) is 14.3. The van der Waals surface area contributed by atoms with Gasteiger partial charge in [0.2, 0.25) is 0 Å². The van der Waals surface area contributed by atoms with E-state index in [0.717, 1.165) is 0 Å². The number of nitrogens with two attached hydrogens (primary N) is 1. The fourth-order valence-electron chi connectivity index (χ4n) is 1.35. The van der Waals surface area contributed by atoms with Gasteiger partial charge >= 0.3 is 5.97 Å². The minimum Gasteiger partial charge on any atom is -0.478 e. The van der Waals surface area contributed by atoms with E-state index in [1.807, 2.05) is 0 Å². The fraction of sp³-hybridized carbons (Fsp3) is 0.364. The fourth-order valence-corrected chi connectivity index (χ4v) is 2.05. The number of carbonyl (C=O) groups is 1. The lowest BCUT2D eigenvalue weighted by Crippen LogP contribution is -2.17. The van der Waals surface area contributed by atoms with Gasteiger partial charge in [-0.05, 0) is 18.2 Å². The van der Waals surface area contributed by atoms with Crippen molar-refractivity contribution in [1.82, 2.24) is 0 Å². The summed E-state index contributed by atoms with van der Waals surface area (Å²) in [5, 5.41) is 11.7. The number of sulfone groups is 1. The third kappa shape index (κ3) is 3.92. The monoisotopic (exact) mass is 272 g/mol. The summed E-state index contributed by atoms with van der Waals surface area (Å²) >= 11 is 0. The van der Waals surface area contributed by atoms with E-state index in [1.165, 1.54) is 12.1 Å². The maximum absolute atomic E-state index is 11.3. The molecule has 0 bridgehead atoms. The minimum atomic E-state index is -3.03. The first-order valence-electron chi connectivity index (χ1n) is 5.43. The third-order valence-electron chi connectivity index (χ3n) is 2.47. The molecule has 1 rings (SSSR count). The average molecular weight is 272 g/mol. The van der Waals surface area contributed by atoms with Gasteiger partial charge in [0.15, 0.2) is 9.84 Å². The Morgan fingerprint density at radius 2 is 2.11 bits per heavy atom. The summed E-state index contributed by atoms with van der Waals surface area (Å²) in [6, 6.07) is 4.47. The summed E-state index contributed by atoms with van der Waals surface area (Å²) in [6.45, 7) is 1.82. The highest BCUT2D eigenvalue weighted by Gasteiger charge is 2.10. The van der Waals surface area contributed by atoms with Crippen LogP contribution in [-0.4, -0.2) is 37.5 Å². The molecule has 0 heterocycles. The van der Waals surface area contributed by atoms with Crippen LogP contribution in [0.2, 0.25) is 0 Å². The van der Waals surface area contributed by atoms with E-state index < -0.39 is 15.8 Å². The summed E-state index contributed by atoms with van der Waals surface area (Å²) < 4.78 is 22.5. The molecule has 0 aliphatic rings. The minimum absolute atomic E-state index is 0.00153. The van der Waals surface area contributed by atoms with E-state index in [2.05, 4.69) is 5.32 Å². The Bertz CT molecular complexity index is 540. The number of carboxylic acid groups (broad SMARTS) is 1. The SMILES string of the molecule is CCS(=O)(=O)CCNc1ccc(N)c(C(=O)O)c1. The van der Waals surface area contributed by atoms with Gasteiger partial charge in [0.25, 0.3) is 0 Å². The van der Waals surface area contributed by atoms with Gasteiger partial charge < -0.3 is 16.2 Å². The lowest BCUT2D eigenvalue weighted by atomic mass is 10.1. The molecule has 0 fully saturated rings. The van der Waals surface area contributed by atoms with Gasteiger partial charge in [0.1, 0.15) is 0 Å². The zero-order valence-corrected chi connectivity index (χ0v) is 10.8. The van der Waals surface area contributed by atoms with Crippen molar-refractivity contribution in [3.05, 3.63) is 23.8 Å². The number of hydrogen-bond acceptors (Lipinski definition) is 5. The van der Waals surface area contributed by atoms with Crippen molar-refractivity contribution in [3.63, 3.8) is 0 Å². The van der Waals surface area contributed by atoms with E-state index in [0.29, 0.717) is 5.69 Å². The molecular formula is C11H16N2O4S. The molecule has 7 heteroatoms. The molecule has 0 saturated carbocycles. The van der Waals surface area contributed by atoms with Crippen molar-refractivity contribution < 1.29 is 18.3 Å². The van der Waals surface area contributed by atoms with Crippen LogP contribution in [0.3, 0.4) is 0 Å². The van der Waals surface area contributed by atoms with E-state index in [4.69, 9.17) is 10.8 Å². The van der Waals surface area contributed by atoms with Crippen LogP contribution >= 0.6 is 0 Å². The molecule has 4 N–H and O–H groups in total. The first-order valence-corrected chi connectivity index (χ1v) is 7.25. The second kappa shape index (κ2) is 5.72. The molecule has 1 aromatic rings. The predicted octanol–water partition coefficient (Wildman–Crippen LogP) is 0.814. The van der Waals surface area contributed by atoms with E-state index in [1.54, 1.807) is 13.0 Å². The average Bonchev–Trinajstić information content (AvgIpc) is 2.31. The van der Waals surface area contributed by atoms with Gasteiger partial charge in [0.05, 0.1) is 11.3 Å². The molecule has 0 aliphatic carbocycles. The van der Waals surface area contributed by atoms with Crippen molar-refractivity contribution in [2.24, 2.45) is 0 Å². The second-order valence-corrected chi connectivity index (χ2v) is 6.24. The van der Waals surface area contributed by atoms with Crippen LogP contribution in [0.15, 0.2) is 18.2 Å². The zero-order valence-electron chi connectivity index (χ0n) is 10.0. The molecule has 100 valence electrons. The van der Waals surface area contributed by atoms with Crippen LogP contribution < -0.4 is 11.1 Å². The zero-order chi connectivity index (χ0) is 13.8. The molecule has 0 radical (unpaired) electrons. The predicted molar refractivity (Wildman–Crippen MR) is 70.6 cm³/mol. The number of hydrogen-bond donors (Lipinski definition) is 3. The normalized spacial score (nSPS) is 11.2. The molecule has 0 aromatic heterocycles. The van der Waals surface area contributed by atoms with Crippen molar-refractivity contribution >= 4 is 27.2 Å². The standard InChI is InChI=1S/C11H16N2O4S/c1-2-18(16,17)6-5-13-8-3-4-10(12)9(7-8)11(14)15/h3-4,7,13H,2,5-6,12H2,1H3,(H,14,15). The number of nitrogen functional groups attached to an aromatic ring is 1. The van der Waals surface area contributed by atoms with Gasteiger partial charge in [-0.15, -0.1) is 0 Å². The van der Waals surface area contributed by atoms with Crippen LogP contribution in [0, 0.1) is 0 Å². The third-order valence-corrected chi connectivity index (χ3v) is 4.17. The summed E-state index contributed by atoms with van der Waals surface area (Å²) in [5.74, 6) is -1.01. The lowest BCUT2D eigenvalue weighted by molar-refractivity contribution is 0.0698. The topological polar surface area (TPSA) is 109 Å².